The highest BCUT2D eigenvalue weighted by Gasteiger charge is 2.17. The van der Waals surface area contributed by atoms with Crippen LogP contribution in [0.25, 0.3) is 11.4 Å². The van der Waals surface area contributed by atoms with Crippen molar-refractivity contribution in [3.63, 3.8) is 0 Å². The largest absolute Gasteiger partial charge is 0.497 e. The van der Waals surface area contributed by atoms with Crippen LogP contribution in [0.4, 0.5) is 0 Å². The maximum absolute atomic E-state index is 12.1. The molecule has 1 heterocycles. The van der Waals surface area contributed by atoms with E-state index in [0.29, 0.717) is 24.6 Å². The minimum Gasteiger partial charge on any atom is -0.497 e. The average Bonchev–Trinajstić information content (AvgIpc) is 3.18. The smallest absolute Gasteiger partial charge is 0.249 e. The van der Waals surface area contributed by atoms with Gasteiger partial charge in [-0.1, -0.05) is 35.5 Å². The number of rotatable bonds is 7. The Morgan fingerprint density at radius 1 is 1.15 bits per heavy atom. The summed E-state index contributed by atoms with van der Waals surface area (Å²) in [5, 5.41) is 6.88. The second-order valence-corrected chi connectivity index (χ2v) is 5.96. The van der Waals surface area contributed by atoms with Gasteiger partial charge in [-0.2, -0.15) is 4.98 Å². The van der Waals surface area contributed by atoms with E-state index in [2.05, 4.69) is 15.5 Å². The van der Waals surface area contributed by atoms with Crippen molar-refractivity contribution in [1.29, 1.82) is 0 Å². The van der Waals surface area contributed by atoms with E-state index in [9.17, 15) is 4.79 Å². The first-order chi connectivity index (χ1) is 12.7. The average molecular weight is 351 g/mol. The standard InChI is InChI=1S/C20H21N3O3/c1-14(21-18(24)13-8-15-6-4-3-5-7-15)20-22-19(23-26-20)16-9-11-17(25-2)12-10-16/h3-7,9-12,14H,8,13H2,1-2H3,(H,21,24)/t14-/m1/s1. The second-order valence-electron chi connectivity index (χ2n) is 5.96. The van der Waals surface area contributed by atoms with Gasteiger partial charge in [-0.05, 0) is 43.2 Å². The van der Waals surface area contributed by atoms with Crippen LogP contribution in [-0.2, 0) is 11.2 Å². The number of hydrogen-bond acceptors (Lipinski definition) is 5. The van der Waals surface area contributed by atoms with Crippen molar-refractivity contribution < 1.29 is 14.1 Å². The van der Waals surface area contributed by atoms with Crippen molar-refractivity contribution in [2.45, 2.75) is 25.8 Å². The fourth-order valence-corrected chi connectivity index (χ4v) is 2.55. The quantitative estimate of drug-likeness (QED) is 0.704. The molecule has 0 aliphatic heterocycles. The zero-order chi connectivity index (χ0) is 18.4. The van der Waals surface area contributed by atoms with Gasteiger partial charge in [0.25, 0.3) is 0 Å². The number of benzene rings is 2. The number of aryl methyl sites for hydroxylation is 1. The number of carbonyl (C=O) groups is 1. The second kappa shape index (κ2) is 8.29. The molecule has 6 nitrogen and oxygen atoms in total. The summed E-state index contributed by atoms with van der Waals surface area (Å²) >= 11 is 0. The Balaban J connectivity index is 1.57. The minimum atomic E-state index is -0.349. The van der Waals surface area contributed by atoms with E-state index in [-0.39, 0.29) is 11.9 Å². The molecule has 0 aliphatic rings. The molecule has 0 saturated heterocycles. The van der Waals surface area contributed by atoms with E-state index in [1.807, 2.05) is 61.5 Å². The molecule has 0 radical (unpaired) electrons. The molecule has 3 aromatic rings. The number of nitrogens with one attached hydrogen (secondary N) is 1. The molecule has 1 amide bonds. The van der Waals surface area contributed by atoms with Gasteiger partial charge in [0.1, 0.15) is 11.8 Å². The van der Waals surface area contributed by atoms with Crippen LogP contribution in [0.15, 0.2) is 59.1 Å². The molecule has 0 saturated carbocycles. The first-order valence-corrected chi connectivity index (χ1v) is 8.47. The Morgan fingerprint density at radius 2 is 1.88 bits per heavy atom. The highest BCUT2D eigenvalue weighted by Crippen LogP contribution is 2.21. The summed E-state index contributed by atoms with van der Waals surface area (Å²) in [6.07, 6.45) is 1.11. The van der Waals surface area contributed by atoms with Crippen LogP contribution in [-0.4, -0.2) is 23.2 Å². The van der Waals surface area contributed by atoms with E-state index in [4.69, 9.17) is 9.26 Å². The summed E-state index contributed by atoms with van der Waals surface area (Å²) in [6, 6.07) is 16.9. The fraction of sp³-hybridized carbons (Fsp3) is 0.250. The zero-order valence-electron chi connectivity index (χ0n) is 14.8. The number of ether oxygens (including phenoxy) is 1. The third-order valence-corrected chi connectivity index (χ3v) is 4.02. The summed E-state index contributed by atoms with van der Waals surface area (Å²) in [4.78, 5) is 16.5. The highest BCUT2D eigenvalue weighted by molar-refractivity contribution is 5.76. The van der Waals surface area contributed by atoms with E-state index < -0.39 is 0 Å². The summed E-state index contributed by atoms with van der Waals surface area (Å²) in [7, 11) is 1.61. The predicted octanol–water partition coefficient (Wildman–Crippen LogP) is 3.56. The summed E-state index contributed by atoms with van der Waals surface area (Å²) in [6.45, 7) is 1.83. The molecule has 3 rings (SSSR count). The summed E-state index contributed by atoms with van der Waals surface area (Å²) in [5.74, 6) is 1.57. The van der Waals surface area contributed by atoms with Crippen LogP contribution < -0.4 is 10.1 Å². The van der Waals surface area contributed by atoms with Gasteiger partial charge in [-0.25, -0.2) is 0 Å². The van der Waals surface area contributed by atoms with Gasteiger partial charge in [0.05, 0.1) is 7.11 Å². The molecule has 2 aromatic carbocycles. The van der Waals surface area contributed by atoms with E-state index in [1.54, 1.807) is 7.11 Å². The van der Waals surface area contributed by atoms with Gasteiger partial charge in [-0.15, -0.1) is 0 Å². The molecule has 0 spiro atoms. The highest BCUT2D eigenvalue weighted by atomic mass is 16.5. The first kappa shape index (κ1) is 17.7. The van der Waals surface area contributed by atoms with Crippen LogP contribution in [0.2, 0.25) is 0 Å². The van der Waals surface area contributed by atoms with Gasteiger partial charge in [0.15, 0.2) is 0 Å². The van der Waals surface area contributed by atoms with E-state index in [1.165, 1.54) is 0 Å². The maximum atomic E-state index is 12.1. The summed E-state index contributed by atoms with van der Waals surface area (Å²) < 4.78 is 10.4. The molecule has 1 N–H and O–H groups in total. The Bertz CT molecular complexity index is 844. The Morgan fingerprint density at radius 3 is 2.58 bits per heavy atom. The lowest BCUT2D eigenvalue weighted by atomic mass is 10.1. The molecular weight excluding hydrogens is 330 g/mol. The van der Waals surface area contributed by atoms with Crippen LogP contribution >= 0.6 is 0 Å². The molecule has 1 atom stereocenters. The molecule has 0 fully saturated rings. The van der Waals surface area contributed by atoms with Crippen molar-refractivity contribution in [1.82, 2.24) is 15.5 Å². The van der Waals surface area contributed by atoms with Crippen molar-refractivity contribution >= 4 is 5.91 Å². The fourth-order valence-electron chi connectivity index (χ4n) is 2.55. The van der Waals surface area contributed by atoms with Crippen molar-refractivity contribution in [3.8, 4) is 17.1 Å². The lowest BCUT2D eigenvalue weighted by Crippen LogP contribution is -2.27. The van der Waals surface area contributed by atoms with Gasteiger partial charge >= 0.3 is 0 Å². The molecule has 0 unspecified atom stereocenters. The van der Waals surface area contributed by atoms with Gasteiger partial charge in [0, 0.05) is 12.0 Å². The van der Waals surface area contributed by atoms with Crippen molar-refractivity contribution in [2.75, 3.05) is 7.11 Å². The molecule has 0 bridgehead atoms. The van der Waals surface area contributed by atoms with Gasteiger partial charge < -0.3 is 14.6 Å². The van der Waals surface area contributed by atoms with Crippen LogP contribution in [0.3, 0.4) is 0 Å². The van der Waals surface area contributed by atoms with Crippen LogP contribution in [0.1, 0.15) is 30.8 Å². The lowest BCUT2D eigenvalue weighted by Gasteiger charge is -2.09. The lowest BCUT2D eigenvalue weighted by molar-refractivity contribution is -0.121. The van der Waals surface area contributed by atoms with Crippen LogP contribution in [0, 0.1) is 0 Å². The molecule has 0 aliphatic carbocycles. The minimum absolute atomic E-state index is 0.0504. The molecule has 6 heteroatoms. The number of hydrogen-bond donors (Lipinski definition) is 1. The molecular formula is C20H21N3O3. The Hall–Kier alpha value is -3.15. The normalized spacial score (nSPS) is 11.8. The third kappa shape index (κ3) is 4.47. The van der Waals surface area contributed by atoms with Crippen molar-refractivity contribution in [2.24, 2.45) is 0 Å². The number of carbonyl (C=O) groups excluding carboxylic acids is 1. The molecule has 1 aromatic heterocycles. The van der Waals surface area contributed by atoms with E-state index >= 15 is 0 Å². The van der Waals surface area contributed by atoms with Crippen molar-refractivity contribution in [3.05, 3.63) is 66.1 Å². The molecule has 26 heavy (non-hydrogen) atoms. The summed E-state index contributed by atoms with van der Waals surface area (Å²) in [5.41, 5.74) is 1.96. The number of nitrogens with zero attached hydrogens (tertiary/aromatic N) is 2. The van der Waals surface area contributed by atoms with Crippen LogP contribution in [0.5, 0.6) is 5.75 Å². The number of aromatic nitrogens is 2. The SMILES string of the molecule is COc1ccc(-c2noc([C@@H](C)NC(=O)CCc3ccccc3)n2)cc1. The number of amides is 1. The first-order valence-electron chi connectivity index (χ1n) is 8.47. The van der Waals surface area contributed by atoms with E-state index in [0.717, 1.165) is 16.9 Å². The Labute approximate surface area is 152 Å². The van der Waals surface area contributed by atoms with Gasteiger partial charge in [0.2, 0.25) is 17.6 Å². The number of methoxy groups -OCH3 is 1. The maximum Gasteiger partial charge on any atom is 0.249 e. The monoisotopic (exact) mass is 351 g/mol. The molecule has 134 valence electrons. The predicted molar refractivity (Wildman–Crippen MR) is 97.6 cm³/mol. The topological polar surface area (TPSA) is 77.3 Å². The third-order valence-electron chi connectivity index (χ3n) is 4.02. The van der Waals surface area contributed by atoms with Gasteiger partial charge in [-0.3, -0.25) is 4.79 Å². The zero-order valence-corrected chi connectivity index (χ0v) is 14.8. The Kier molecular flexibility index (Phi) is 5.63.